The highest BCUT2D eigenvalue weighted by Crippen LogP contribution is 2.28. The molecule has 0 fully saturated rings. The summed E-state index contributed by atoms with van der Waals surface area (Å²) in [5, 5.41) is 10.0. The van der Waals surface area contributed by atoms with E-state index in [-0.39, 0.29) is 23.3 Å². The molecule has 2 aromatic carbocycles. The molecule has 170 valence electrons. The molecule has 3 aromatic rings. The third kappa shape index (κ3) is 6.01. The van der Waals surface area contributed by atoms with Gasteiger partial charge in [-0.2, -0.15) is 5.26 Å². The number of halogens is 1. The number of nitrogens with zero attached hydrogens (tertiary/aromatic N) is 2. The Morgan fingerprint density at radius 2 is 1.88 bits per heavy atom. The van der Waals surface area contributed by atoms with Crippen molar-refractivity contribution in [3.8, 4) is 17.6 Å². The minimum atomic E-state index is -0.449. The van der Waals surface area contributed by atoms with Gasteiger partial charge < -0.3 is 18.8 Å². The number of aryl methyl sites for hydroxylation is 1. The molecule has 1 aromatic heterocycles. The number of ether oxygens (including phenoxy) is 3. The lowest BCUT2D eigenvalue weighted by Crippen LogP contribution is -2.24. The Kier molecular flexibility index (Phi) is 8.25. The summed E-state index contributed by atoms with van der Waals surface area (Å²) >= 11 is 5.93. The number of carbonyl (C=O) groups is 1. The maximum Gasteiger partial charge on any atom is 0.268 e. The van der Waals surface area contributed by atoms with E-state index < -0.39 is 11.3 Å². The molecule has 8 heteroatoms. The quantitative estimate of drug-likeness (QED) is 0.328. The highest BCUT2D eigenvalue weighted by Gasteiger charge is 2.19. The van der Waals surface area contributed by atoms with E-state index >= 15 is 0 Å². The van der Waals surface area contributed by atoms with Gasteiger partial charge in [0.25, 0.3) is 5.56 Å². The molecule has 0 saturated carbocycles. The van der Waals surface area contributed by atoms with Crippen LogP contribution in [0.4, 0.5) is 0 Å². The second kappa shape index (κ2) is 11.3. The van der Waals surface area contributed by atoms with Gasteiger partial charge >= 0.3 is 0 Å². The van der Waals surface area contributed by atoms with Crippen LogP contribution in [0.2, 0.25) is 5.02 Å². The Hall–Kier alpha value is -3.60. The summed E-state index contributed by atoms with van der Waals surface area (Å²) in [5.41, 5.74) is 0.786. The molecule has 0 aliphatic rings. The second-order valence-corrected chi connectivity index (χ2v) is 7.64. The monoisotopic (exact) mass is 466 g/mol. The van der Waals surface area contributed by atoms with Crippen molar-refractivity contribution in [2.45, 2.75) is 19.6 Å². The third-order valence-corrected chi connectivity index (χ3v) is 5.21. The van der Waals surface area contributed by atoms with Gasteiger partial charge in [-0.1, -0.05) is 23.7 Å². The average Bonchev–Trinajstić information content (AvgIpc) is 2.84. The molecule has 0 amide bonds. The predicted octanol–water partition coefficient (Wildman–Crippen LogP) is 4.23. The largest absolute Gasteiger partial charge is 0.497 e. The summed E-state index contributed by atoms with van der Waals surface area (Å²) in [5.74, 6) is 0.439. The highest BCUT2D eigenvalue weighted by atomic mass is 35.5. The average molecular weight is 467 g/mol. The Morgan fingerprint density at radius 1 is 1.12 bits per heavy atom. The van der Waals surface area contributed by atoms with E-state index in [0.29, 0.717) is 36.1 Å². The Bertz CT molecular complexity index is 1230. The van der Waals surface area contributed by atoms with Crippen LogP contribution in [0.5, 0.6) is 11.5 Å². The Morgan fingerprint density at radius 3 is 2.55 bits per heavy atom. The van der Waals surface area contributed by atoms with Gasteiger partial charge in [0.05, 0.1) is 12.7 Å². The van der Waals surface area contributed by atoms with Crippen molar-refractivity contribution < 1.29 is 19.0 Å². The van der Waals surface area contributed by atoms with Crippen LogP contribution in [-0.4, -0.2) is 31.2 Å². The van der Waals surface area contributed by atoms with E-state index in [9.17, 15) is 14.9 Å². The molecule has 0 spiro atoms. The molecule has 0 radical (unpaired) electrons. The van der Waals surface area contributed by atoms with Gasteiger partial charge in [-0.05, 0) is 48.4 Å². The maximum absolute atomic E-state index is 13.5. The number of carbonyl (C=O) groups excluding carboxylic acids is 1. The highest BCUT2D eigenvalue weighted by molar-refractivity contribution is 6.30. The van der Waals surface area contributed by atoms with Gasteiger partial charge in [-0.3, -0.25) is 9.59 Å². The first kappa shape index (κ1) is 24.1. The molecule has 0 saturated heterocycles. The molecule has 0 N–H and O–H groups in total. The normalized spacial score (nSPS) is 10.5. The van der Waals surface area contributed by atoms with Gasteiger partial charge in [0, 0.05) is 37.0 Å². The predicted molar refractivity (Wildman–Crippen MR) is 124 cm³/mol. The van der Waals surface area contributed by atoms with Gasteiger partial charge in [0.15, 0.2) is 5.78 Å². The number of aromatic nitrogens is 1. The van der Waals surface area contributed by atoms with Crippen molar-refractivity contribution in [1.82, 2.24) is 4.57 Å². The smallest absolute Gasteiger partial charge is 0.268 e. The van der Waals surface area contributed by atoms with Crippen LogP contribution in [0.3, 0.4) is 0 Å². The molecule has 3 rings (SSSR count). The standard InChI is InChI=1S/C25H23ClN2O5/c1-31-11-3-10-28-15-19(12-18(14-27)25(28)30)24(29)22-13-21(32-2)8-9-23(22)33-16-17-4-6-20(26)7-5-17/h4-9,12-13,15H,3,10-11,16H2,1-2H3. The molecule has 0 aliphatic carbocycles. The van der Waals surface area contributed by atoms with Crippen molar-refractivity contribution in [1.29, 1.82) is 5.26 Å². The minimum Gasteiger partial charge on any atom is -0.497 e. The van der Waals surface area contributed by atoms with Crippen molar-refractivity contribution in [3.05, 3.63) is 92.4 Å². The van der Waals surface area contributed by atoms with Crippen molar-refractivity contribution in [3.63, 3.8) is 0 Å². The van der Waals surface area contributed by atoms with Crippen LogP contribution in [0, 0.1) is 11.3 Å². The van der Waals surface area contributed by atoms with Crippen molar-refractivity contribution in [2.24, 2.45) is 0 Å². The van der Waals surface area contributed by atoms with Crippen LogP contribution in [0.1, 0.15) is 33.5 Å². The molecule has 33 heavy (non-hydrogen) atoms. The van der Waals surface area contributed by atoms with Gasteiger partial charge in [-0.15, -0.1) is 0 Å². The van der Waals surface area contributed by atoms with Gasteiger partial charge in [0.1, 0.15) is 29.7 Å². The number of nitriles is 1. The Balaban J connectivity index is 1.96. The number of hydrogen-bond acceptors (Lipinski definition) is 6. The summed E-state index contributed by atoms with van der Waals surface area (Å²) in [6.45, 7) is 0.995. The SMILES string of the molecule is COCCCn1cc(C(=O)c2cc(OC)ccc2OCc2ccc(Cl)cc2)cc(C#N)c1=O. The van der Waals surface area contributed by atoms with E-state index in [1.165, 1.54) is 23.9 Å². The number of benzene rings is 2. The first-order chi connectivity index (χ1) is 16.0. The molecular formula is C25H23ClN2O5. The molecule has 0 aliphatic heterocycles. The maximum atomic E-state index is 13.5. The molecule has 0 unspecified atom stereocenters. The lowest BCUT2D eigenvalue weighted by atomic mass is 10.0. The zero-order valence-corrected chi connectivity index (χ0v) is 19.1. The molecule has 7 nitrogen and oxygen atoms in total. The minimum absolute atomic E-state index is 0.107. The number of methoxy groups -OCH3 is 2. The Labute approximate surface area is 196 Å². The summed E-state index contributed by atoms with van der Waals surface area (Å²) in [4.78, 5) is 25.9. The molecular weight excluding hydrogens is 444 g/mol. The van der Waals surface area contributed by atoms with Crippen LogP contribution in [-0.2, 0) is 17.9 Å². The zero-order chi connectivity index (χ0) is 23.8. The topological polar surface area (TPSA) is 90.5 Å². The van der Waals surface area contributed by atoms with Gasteiger partial charge in [0.2, 0.25) is 0 Å². The van der Waals surface area contributed by atoms with Crippen LogP contribution < -0.4 is 15.0 Å². The van der Waals surface area contributed by atoms with Crippen LogP contribution in [0.15, 0.2) is 59.5 Å². The lowest BCUT2D eigenvalue weighted by Gasteiger charge is -2.14. The van der Waals surface area contributed by atoms with E-state index in [1.54, 1.807) is 37.4 Å². The van der Waals surface area contributed by atoms with Crippen LogP contribution in [0.25, 0.3) is 0 Å². The molecule has 0 bridgehead atoms. The summed E-state index contributed by atoms with van der Waals surface area (Å²) in [6.07, 6.45) is 2.02. The van der Waals surface area contributed by atoms with Gasteiger partial charge in [-0.25, -0.2) is 0 Å². The number of ketones is 1. The molecule has 1 heterocycles. The van der Waals surface area contributed by atoms with E-state index in [2.05, 4.69) is 0 Å². The van der Waals surface area contributed by atoms with E-state index in [1.807, 2.05) is 18.2 Å². The second-order valence-electron chi connectivity index (χ2n) is 7.21. The van der Waals surface area contributed by atoms with Crippen molar-refractivity contribution >= 4 is 17.4 Å². The fourth-order valence-corrected chi connectivity index (χ4v) is 3.35. The van der Waals surface area contributed by atoms with E-state index in [4.69, 9.17) is 25.8 Å². The number of hydrogen-bond donors (Lipinski definition) is 0. The molecule has 0 atom stereocenters. The summed E-state index contributed by atoms with van der Waals surface area (Å²) in [6, 6.07) is 15.3. The lowest BCUT2D eigenvalue weighted by molar-refractivity contribution is 0.103. The first-order valence-electron chi connectivity index (χ1n) is 10.2. The first-order valence-corrected chi connectivity index (χ1v) is 10.6. The number of rotatable bonds is 10. The third-order valence-electron chi connectivity index (χ3n) is 4.96. The number of pyridine rings is 1. The van der Waals surface area contributed by atoms with Crippen molar-refractivity contribution in [2.75, 3.05) is 20.8 Å². The summed E-state index contributed by atoms with van der Waals surface area (Å²) in [7, 11) is 3.07. The van der Waals surface area contributed by atoms with Crippen LogP contribution >= 0.6 is 11.6 Å². The fraction of sp³-hybridized carbons (Fsp3) is 0.240. The fourth-order valence-electron chi connectivity index (χ4n) is 3.22. The summed E-state index contributed by atoms with van der Waals surface area (Å²) < 4.78 is 17.6. The zero-order valence-electron chi connectivity index (χ0n) is 18.3. The van der Waals surface area contributed by atoms with E-state index in [0.717, 1.165) is 5.56 Å².